The minimum atomic E-state index is -0.131. The second-order valence-electron chi connectivity index (χ2n) is 5.97. The molecule has 108 valence electrons. The van der Waals surface area contributed by atoms with Crippen LogP contribution in [0.5, 0.6) is 0 Å². The third kappa shape index (κ3) is 3.47. The molecule has 0 fully saturated rings. The SMILES string of the molecule is Cc1ccc(C(C)NCC(C)(C)c2cccs2)cc1F. The van der Waals surface area contributed by atoms with Crippen LogP contribution in [0.1, 0.15) is 42.8 Å². The van der Waals surface area contributed by atoms with E-state index in [9.17, 15) is 4.39 Å². The smallest absolute Gasteiger partial charge is 0.126 e. The summed E-state index contributed by atoms with van der Waals surface area (Å²) in [5.74, 6) is -0.131. The van der Waals surface area contributed by atoms with Crippen molar-refractivity contribution in [2.75, 3.05) is 6.54 Å². The molecule has 0 aliphatic carbocycles. The van der Waals surface area contributed by atoms with Crippen LogP contribution < -0.4 is 5.32 Å². The largest absolute Gasteiger partial charge is 0.309 e. The molecule has 0 bridgehead atoms. The van der Waals surface area contributed by atoms with Gasteiger partial charge in [-0.05, 0) is 42.5 Å². The zero-order valence-electron chi connectivity index (χ0n) is 12.5. The molecule has 1 N–H and O–H groups in total. The summed E-state index contributed by atoms with van der Waals surface area (Å²) in [6, 6.07) is 9.86. The van der Waals surface area contributed by atoms with Gasteiger partial charge in [-0.15, -0.1) is 11.3 Å². The average Bonchev–Trinajstić information content (AvgIpc) is 2.94. The van der Waals surface area contributed by atoms with Crippen molar-refractivity contribution in [3.63, 3.8) is 0 Å². The van der Waals surface area contributed by atoms with Crippen LogP contribution in [-0.4, -0.2) is 6.54 Å². The van der Waals surface area contributed by atoms with Gasteiger partial charge in [0.15, 0.2) is 0 Å². The maximum Gasteiger partial charge on any atom is 0.126 e. The zero-order valence-corrected chi connectivity index (χ0v) is 13.4. The van der Waals surface area contributed by atoms with Crippen molar-refractivity contribution >= 4 is 11.3 Å². The van der Waals surface area contributed by atoms with Crippen molar-refractivity contribution in [2.45, 2.75) is 39.2 Å². The van der Waals surface area contributed by atoms with Crippen LogP contribution in [0.15, 0.2) is 35.7 Å². The van der Waals surface area contributed by atoms with Crippen LogP contribution in [0.25, 0.3) is 0 Å². The number of nitrogens with one attached hydrogen (secondary N) is 1. The number of benzene rings is 1. The average molecular weight is 291 g/mol. The second kappa shape index (κ2) is 6.06. The van der Waals surface area contributed by atoms with Gasteiger partial charge in [0.25, 0.3) is 0 Å². The van der Waals surface area contributed by atoms with Crippen molar-refractivity contribution in [1.82, 2.24) is 5.32 Å². The predicted octanol–water partition coefficient (Wildman–Crippen LogP) is 4.82. The van der Waals surface area contributed by atoms with E-state index in [1.54, 1.807) is 24.3 Å². The molecular weight excluding hydrogens is 269 g/mol. The molecule has 1 nitrogen and oxygen atoms in total. The molecule has 2 rings (SSSR count). The minimum absolute atomic E-state index is 0.0890. The Kier molecular flexibility index (Phi) is 4.61. The maximum absolute atomic E-state index is 13.6. The van der Waals surface area contributed by atoms with Gasteiger partial charge >= 0.3 is 0 Å². The summed E-state index contributed by atoms with van der Waals surface area (Å²) < 4.78 is 13.6. The Balaban J connectivity index is 2.01. The Bertz CT molecular complexity index is 560. The molecule has 1 aromatic heterocycles. The minimum Gasteiger partial charge on any atom is -0.309 e. The fourth-order valence-electron chi connectivity index (χ4n) is 2.16. The van der Waals surface area contributed by atoms with Gasteiger partial charge < -0.3 is 5.32 Å². The molecule has 0 aliphatic rings. The van der Waals surface area contributed by atoms with Gasteiger partial charge in [0, 0.05) is 22.9 Å². The molecule has 20 heavy (non-hydrogen) atoms. The quantitative estimate of drug-likeness (QED) is 0.832. The Morgan fingerprint density at radius 2 is 2.05 bits per heavy atom. The Morgan fingerprint density at radius 1 is 1.30 bits per heavy atom. The van der Waals surface area contributed by atoms with E-state index in [0.717, 1.165) is 12.1 Å². The van der Waals surface area contributed by atoms with Gasteiger partial charge in [-0.25, -0.2) is 4.39 Å². The number of halogens is 1. The first-order valence-electron chi connectivity index (χ1n) is 6.93. The summed E-state index contributed by atoms with van der Waals surface area (Å²) in [7, 11) is 0. The van der Waals surface area contributed by atoms with Crippen LogP contribution in [-0.2, 0) is 5.41 Å². The van der Waals surface area contributed by atoms with Crippen molar-refractivity contribution in [3.8, 4) is 0 Å². The van der Waals surface area contributed by atoms with Gasteiger partial charge in [-0.2, -0.15) is 0 Å². The molecule has 0 aliphatic heterocycles. The van der Waals surface area contributed by atoms with E-state index in [1.165, 1.54) is 4.88 Å². The molecule has 3 heteroatoms. The standard InChI is InChI=1S/C17H22FNS/c1-12-7-8-14(10-15(12)18)13(2)19-11-17(3,4)16-6-5-9-20-16/h5-10,13,19H,11H2,1-4H3. The predicted molar refractivity (Wildman–Crippen MR) is 84.9 cm³/mol. The van der Waals surface area contributed by atoms with E-state index in [0.29, 0.717) is 5.56 Å². The van der Waals surface area contributed by atoms with E-state index in [4.69, 9.17) is 0 Å². The molecular formula is C17H22FNS. The number of thiophene rings is 1. The van der Waals surface area contributed by atoms with Crippen LogP contribution in [0, 0.1) is 12.7 Å². The van der Waals surface area contributed by atoms with E-state index in [2.05, 4.69) is 43.6 Å². The van der Waals surface area contributed by atoms with Crippen LogP contribution >= 0.6 is 11.3 Å². The maximum atomic E-state index is 13.6. The molecule has 0 amide bonds. The van der Waals surface area contributed by atoms with Gasteiger partial charge in [-0.1, -0.05) is 32.0 Å². The van der Waals surface area contributed by atoms with Gasteiger partial charge in [-0.3, -0.25) is 0 Å². The molecule has 0 spiro atoms. The lowest BCUT2D eigenvalue weighted by molar-refractivity contribution is 0.440. The van der Waals surface area contributed by atoms with E-state index in [-0.39, 0.29) is 17.3 Å². The topological polar surface area (TPSA) is 12.0 Å². The molecule has 0 saturated carbocycles. The first-order chi connectivity index (χ1) is 9.40. The summed E-state index contributed by atoms with van der Waals surface area (Å²) >= 11 is 1.78. The lowest BCUT2D eigenvalue weighted by atomic mass is 9.91. The molecule has 1 heterocycles. The zero-order chi connectivity index (χ0) is 14.8. The van der Waals surface area contributed by atoms with Crippen molar-refractivity contribution in [1.29, 1.82) is 0 Å². The van der Waals surface area contributed by atoms with Crippen LogP contribution in [0.3, 0.4) is 0 Å². The summed E-state index contributed by atoms with van der Waals surface area (Å²) in [4.78, 5) is 1.37. The lowest BCUT2D eigenvalue weighted by Gasteiger charge is -2.26. The van der Waals surface area contributed by atoms with Crippen molar-refractivity contribution in [3.05, 3.63) is 57.5 Å². The van der Waals surface area contributed by atoms with E-state index in [1.807, 2.05) is 12.1 Å². The van der Waals surface area contributed by atoms with E-state index >= 15 is 0 Å². The van der Waals surface area contributed by atoms with E-state index < -0.39 is 0 Å². The molecule has 1 unspecified atom stereocenters. The summed E-state index contributed by atoms with van der Waals surface area (Å²) in [5, 5.41) is 5.62. The van der Waals surface area contributed by atoms with Crippen LogP contribution in [0.4, 0.5) is 4.39 Å². The Hall–Kier alpha value is -1.19. The highest BCUT2D eigenvalue weighted by Crippen LogP contribution is 2.27. The summed E-state index contributed by atoms with van der Waals surface area (Å²) in [6.45, 7) is 9.19. The highest BCUT2D eigenvalue weighted by atomic mass is 32.1. The molecule has 1 atom stereocenters. The fraction of sp³-hybridized carbons (Fsp3) is 0.412. The lowest BCUT2D eigenvalue weighted by Crippen LogP contribution is -2.33. The highest BCUT2D eigenvalue weighted by Gasteiger charge is 2.22. The number of hydrogen-bond acceptors (Lipinski definition) is 2. The number of hydrogen-bond donors (Lipinski definition) is 1. The first-order valence-corrected chi connectivity index (χ1v) is 7.81. The molecule has 2 aromatic rings. The fourth-order valence-corrected chi connectivity index (χ4v) is 3.01. The monoisotopic (exact) mass is 291 g/mol. The third-order valence-electron chi connectivity index (χ3n) is 3.73. The Morgan fingerprint density at radius 3 is 2.65 bits per heavy atom. The van der Waals surface area contributed by atoms with Gasteiger partial charge in [0.05, 0.1) is 0 Å². The number of rotatable bonds is 5. The summed E-state index contributed by atoms with van der Waals surface area (Å²) in [5.41, 5.74) is 1.78. The summed E-state index contributed by atoms with van der Waals surface area (Å²) in [6.07, 6.45) is 0. The number of aryl methyl sites for hydroxylation is 1. The van der Waals surface area contributed by atoms with Crippen molar-refractivity contribution < 1.29 is 4.39 Å². The van der Waals surface area contributed by atoms with Crippen molar-refractivity contribution in [2.24, 2.45) is 0 Å². The molecule has 0 radical (unpaired) electrons. The molecule has 1 aromatic carbocycles. The molecule has 0 saturated heterocycles. The first kappa shape index (κ1) is 15.2. The van der Waals surface area contributed by atoms with Crippen LogP contribution in [0.2, 0.25) is 0 Å². The van der Waals surface area contributed by atoms with Gasteiger partial charge in [0.2, 0.25) is 0 Å². The highest BCUT2D eigenvalue weighted by molar-refractivity contribution is 7.10. The second-order valence-corrected chi connectivity index (χ2v) is 6.92. The Labute approximate surface area is 124 Å². The third-order valence-corrected chi connectivity index (χ3v) is 4.97. The van der Waals surface area contributed by atoms with Gasteiger partial charge in [0.1, 0.15) is 5.82 Å². The normalized spacial score (nSPS) is 13.4.